The molecular weight excluding hydrogens is 434 g/mol. The van der Waals surface area contributed by atoms with Crippen LogP contribution in [0.2, 0.25) is 0 Å². The summed E-state index contributed by atoms with van der Waals surface area (Å²) in [5, 5.41) is 29.9. The van der Waals surface area contributed by atoms with E-state index in [1.54, 1.807) is 6.07 Å². The van der Waals surface area contributed by atoms with Crippen molar-refractivity contribution in [1.82, 2.24) is 25.0 Å². The number of hydrogen-bond donors (Lipinski definition) is 1. The third-order valence-electron chi connectivity index (χ3n) is 6.96. The molecule has 1 N–H and O–H groups in total. The summed E-state index contributed by atoms with van der Waals surface area (Å²) in [6.45, 7) is 7.29. The number of nitrogens with zero attached hydrogens (tertiary/aromatic N) is 6. The third kappa shape index (κ3) is 4.95. The molecule has 2 fully saturated rings. The standard InChI is InChI=1S/C24H31N7OS/c1-15(2)24-29-28-16(3)31(24)19-12-17-4-5-18(13-19)30(17)11-9-21(27-23(32)8-10-25)22-7-6-20(14-26)33-22/h6-7,15,17-19,21H,4-5,8-9,11-13H2,1-3H3,(H,27,32)/t17-,18+,19?,21-/m0/s1. The minimum Gasteiger partial charge on any atom is -0.348 e. The maximum Gasteiger partial charge on any atom is 0.234 e. The number of amides is 1. The number of carbonyl (C=O) groups is 1. The van der Waals surface area contributed by atoms with E-state index in [2.05, 4.69) is 51.8 Å². The highest BCUT2D eigenvalue weighted by Gasteiger charge is 2.42. The highest BCUT2D eigenvalue weighted by atomic mass is 32.1. The van der Waals surface area contributed by atoms with E-state index < -0.39 is 0 Å². The second-order valence-electron chi connectivity index (χ2n) is 9.44. The number of hydrogen-bond acceptors (Lipinski definition) is 7. The van der Waals surface area contributed by atoms with Crippen LogP contribution in [0.15, 0.2) is 12.1 Å². The first-order valence-electron chi connectivity index (χ1n) is 11.7. The number of nitriles is 2. The van der Waals surface area contributed by atoms with Crippen molar-refractivity contribution in [2.24, 2.45) is 0 Å². The molecule has 0 aliphatic carbocycles. The van der Waals surface area contributed by atoms with Gasteiger partial charge in [0.2, 0.25) is 5.91 Å². The van der Waals surface area contributed by atoms with Crippen molar-refractivity contribution in [3.05, 3.63) is 33.5 Å². The lowest BCUT2D eigenvalue weighted by Gasteiger charge is -2.40. The van der Waals surface area contributed by atoms with Gasteiger partial charge in [0.15, 0.2) is 0 Å². The molecule has 0 saturated carbocycles. The molecule has 2 aliphatic heterocycles. The van der Waals surface area contributed by atoms with E-state index in [1.165, 1.54) is 24.2 Å². The number of nitrogens with one attached hydrogen (secondary N) is 1. The Labute approximate surface area is 199 Å². The second kappa shape index (κ2) is 10.0. The van der Waals surface area contributed by atoms with Gasteiger partial charge in [-0.25, -0.2) is 0 Å². The molecule has 8 nitrogen and oxygen atoms in total. The summed E-state index contributed by atoms with van der Waals surface area (Å²) in [7, 11) is 0. The minimum atomic E-state index is -0.264. The molecule has 0 radical (unpaired) electrons. The summed E-state index contributed by atoms with van der Waals surface area (Å²) >= 11 is 1.41. The van der Waals surface area contributed by atoms with Gasteiger partial charge in [-0.1, -0.05) is 13.8 Å². The number of fused-ring (bicyclic) bond motifs is 2. The number of thiophene rings is 1. The van der Waals surface area contributed by atoms with Gasteiger partial charge in [0.05, 0.1) is 12.1 Å². The zero-order valence-electron chi connectivity index (χ0n) is 19.5. The van der Waals surface area contributed by atoms with Gasteiger partial charge in [-0.05, 0) is 51.2 Å². The normalized spacial score (nSPS) is 23.3. The quantitative estimate of drug-likeness (QED) is 0.631. The van der Waals surface area contributed by atoms with Crippen molar-refractivity contribution in [3.63, 3.8) is 0 Å². The van der Waals surface area contributed by atoms with Crippen LogP contribution < -0.4 is 5.32 Å². The maximum atomic E-state index is 12.2. The molecule has 1 amide bonds. The smallest absolute Gasteiger partial charge is 0.234 e. The summed E-state index contributed by atoms with van der Waals surface area (Å²) in [6.07, 6.45) is 5.20. The van der Waals surface area contributed by atoms with Crippen LogP contribution in [0, 0.1) is 29.6 Å². The summed E-state index contributed by atoms with van der Waals surface area (Å²) in [5.41, 5.74) is 0. The van der Waals surface area contributed by atoms with E-state index in [0.717, 1.165) is 42.3 Å². The Morgan fingerprint density at radius 2 is 1.94 bits per heavy atom. The molecule has 2 bridgehead atoms. The molecule has 1 unspecified atom stereocenters. The van der Waals surface area contributed by atoms with Crippen molar-refractivity contribution < 1.29 is 4.79 Å². The molecule has 4 atom stereocenters. The first-order chi connectivity index (χ1) is 15.9. The average Bonchev–Trinajstić information content (AvgIpc) is 3.47. The molecule has 4 heterocycles. The molecule has 0 aromatic carbocycles. The van der Waals surface area contributed by atoms with Crippen LogP contribution in [0.25, 0.3) is 0 Å². The first kappa shape index (κ1) is 23.4. The third-order valence-corrected chi connectivity index (χ3v) is 8.07. The van der Waals surface area contributed by atoms with Crippen LogP contribution in [0.5, 0.6) is 0 Å². The number of aromatic nitrogens is 3. The molecule has 9 heteroatoms. The highest BCUT2D eigenvalue weighted by molar-refractivity contribution is 7.12. The van der Waals surface area contributed by atoms with Gasteiger partial charge in [0.1, 0.15) is 29.0 Å². The second-order valence-corrected chi connectivity index (χ2v) is 10.6. The fourth-order valence-corrected chi connectivity index (χ4v) is 6.42. The zero-order chi connectivity index (χ0) is 23.5. The van der Waals surface area contributed by atoms with Crippen LogP contribution in [-0.2, 0) is 4.79 Å². The van der Waals surface area contributed by atoms with Gasteiger partial charge >= 0.3 is 0 Å². The van der Waals surface area contributed by atoms with Gasteiger partial charge in [0.25, 0.3) is 0 Å². The number of piperidine rings is 1. The van der Waals surface area contributed by atoms with E-state index in [1.807, 2.05) is 12.1 Å². The Kier molecular flexibility index (Phi) is 7.11. The molecule has 2 aromatic heterocycles. The average molecular weight is 466 g/mol. The van der Waals surface area contributed by atoms with Gasteiger partial charge < -0.3 is 9.88 Å². The molecule has 174 valence electrons. The van der Waals surface area contributed by atoms with Gasteiger partial charge in [-0.2, -0.15) is 10.5 Å². The molecule has 2 aromatic rings. The maximum absolute atomic E-state index is 12.2. The van der Waals surface area contributed by atoms with E-state index in [4.69, 9.17) is 5.26 Å². The van der Waals surface area contributed by atoms with Crippen molar-refractivity contribution in [2.45, 2.75) is 89.4 Å². The fraction of sp³-hybridized carbons (Fsp3) is 0.625. The Morgan fingerprint density at radius 3 is 2.55 bits per heavy atom. The van der Waals surface area contributed by atoms with Crippen LogP contribution >= 0.6 is 11.3 Å². The predicted molar refractivity (Wildman–Crippen MR) is 125 cm³/mol. The van der Waals surface area contributed by atoms with Crippen LogP contribution in [-0.4, -0.2) is 44.2 Å². The van der Waals surface area contributed by atoms with Crippen LogP contribution in [0.3, 0.4) is 0 Å². The molecule has 2 aliphatic rings. The Morgan fingerprint density at radius 1 is 1.21 bits per heavy atom. The highest BCUT2D eigenvalue weighted by Crippen LogP contribution is 2.42. The van der Waals surface area contributed by atoms with E-state index in [-0.39, 0.29) is 18.4 Å². The number of rotatable bonds is 8. The zero-order valence-corrected chi connectivity index (χ0v) is 20.3. The van der Waals surface area contributed by atoms with E-state index in [9.17, 15) is 10.1 Å². The van der Waals surface area contributed by atoms with Crippen molar-refractivity contribution in [3.8, 4) is 12.1 Å². The summed E-state index contributed by atoms with van der Waals surface area (Å²) in [6, 6.07) is 9.11. The summed E-state index contributed by atoms with van der Waals surface area (Å²) in [5.74, 6) is 2.17. The lowest BCUT2D eigenvalue weighted by atomic mass is 9.95. The van der Waals surface area contributed by atoms with Gasteiger partial charge in [-0.15, -0.1) is 21.5 Å². The number of carbonyl (C=O) groups excluding carboxylic acids is 1. The Bertz CT molecular complexity index is 1060. The fourth-order valence-electron chi connectivity index (χ4n) is 5.53. The lowest BCUT2D eigenvalue weighted by molar-refractivity contribution is -0.120. The predicted octanol–water partition coefficient (Wildman–Crippen LogP) is 3.97. The van der Waals surface area contributed by atoms with Crippen molar-refractivity contribution in [2.75, 3.05) is 6.54 Å². The molecule has 0 spiro atoms. The van der Waals surface area contributed by atoms with Gasteiger partial charge in [-0.3, -0.25) is 9.69 Å². The molecule has 33 heavy (non-hydrogen) atoms. The van der Waals surface area contributed by atoms with E-state index in [0.29, 0.717) is 28.9 Å². The topological polar surface area (TPSA) is 111 Å². The van der Waals surface area contributed by atoms with Gasteiger partial charge in [0, 0.05) is 35.5 Å². The minimum absolute atomic E-state index is 0.153. The monoisotopic (exact) mass is 465 g/mol. The van der Waals surface area contributed by atoms with Crippen molar-refractivity contribution in [1.29, 1.82) is 10.5 Å². The molecular formula is C24H31N7OS. The SMILES string of the molecule is Cc1nnc(C(C)C)n1C1C[C@H]2CC[C@@H](C1)N2CC[C@H](NC(=O)CC#N)c1ccc(C#N)s1. The molecule has 2 saturated heterocycles. The summed E-state index contributed by atoms with van der Waals surface area (Å²) in [4.78, 5) is 16.4. The van der Waals surface area contributed by atoms with Crippen LogP contribution in [0.1, 0.15) is 91.8 Å². The van der Waals surface area contributed by atoms with E-state index >= 15 is 0 Å². The largest absolute Gasteiger partial charge is 0.348 e. The Hall–Kier alpha value is -2.75. The first-order valence-corrected chi connectivity index (χ1v) is 12.6. The Balaban J connectivity index is 1.45. The lowest BCUT2D eigenvalue weighted by Crippen LogP contribution is -2.45. The number of aryl methyl sites for hydroxylation is 1. The van der Waals surface area contributed by atoms with Crippen LogP contribution in [0.4, 0.5) is 0 Å². The summed E-state index contributed by atoms with van der Waals surface area (Å²) < 4.78 is 2.37. The van der Waals surface area contributed by atoms with Crippen molar-refractivity contribution >= 4 is 17.2 Å². The molecule has 4 rings (SSSR count).